The van der Waals surface area contributed by atoms with E-state index >= 15 is 0 Å². The zero-order chi connectivity index (χ0) is 13.8. The van der Waals surface area contributed by atoms with Crippen molar-refractivity contribution >= 4 is 0 Å². The second-order valence-corrected chi connectivity index (χ2v) is 5.67. The lowest BCUT2D eigenvalue weighted by molar-refractivity contribution is 0.402. The summed E-state index contributed by atoms with van der Waals surface area (Å²) >= 11 is 0. The summed E-state index contributed by atoms with van der Waals surface area (Å²) in [7, 11) is 0. The van der Waals surface area contributed by atoms with Crippen LogP contribution in [0.25, 0.3) is 0 Å². The summed E-state index contributed by atoms with van der Waals surface area (Å²) in [5, 5.41) is 3.57. The van der Waals surface area contributed by atoms with Gasteiger partial charge in [-0.05, 0) is 42.0 Å². The van der Waals surface area contributed by atoms with E-state index in [1.54, 1.807) is 5.56 Å². The summed E-state index contributed by atoms with van der Waals surface area (Å²) < 4.78 is 0. The second kappa shape index (κ2) is 6.23. The number of hydrogen-bond donors (Lipinski definition) is 1. The number of rotatable bonds is 3. The first-order valence-corrected chi connectivity index (χ1v) is 7.73. The average Bonchev–Trinajstić information content (AvgIpc) is 2.55. The number of hydrogen-bond acceptors (Lipinski definition) is 1. The lowest BCUT2D eigenvalue weighted by Gasteiger charge is -2.34. The van der Waals surface area contributed by atoms with Gasteiger partial charge in [0.2, 0.25) is 0 Å². The van der Waals surface area contributed by atoms with Crippen LogP contribution < -0.4 is 5.32 Å². The molecule has 1 nitrogen and oxygen atoms in total. The molecule has 20 heavy (non-hydrogen) atoms. The Hall–Kier alpha value is -1.60. The molecule has 0 aromatic heterocycles. The van der Waals surface area contributed by atoms with Crippen LogP contribution in [0.2, 0.25) is 0 Å². The van der Waals surface area contributed by atoms with Crippen LogP contribution in [0.15, 0.2) is 54.6 Å². The molecule has 104 valence electrons. The molecular formula is C19H23N. The Labute approximate surface area is 122 Å². The highest BCUT2D eigenvalue weighted by molar-refractivity contribution is 5.35. The summed E-state index contributed by atoms with van der Waals surface area (Å²) in [6, 6.07) is 20.0. The van der Waals surface area contributed by atoms with Crippen LogP contribution in [-0.2, 0) is 6.42 Å². The molecule has 1 aliphatic rings. The predicted octanol–water partition coefficient (Wildman–Crippen LogP) is 4.11. The number of nitrogens with one attached hydrogen (secondary N) is 1. The van der Waals surface area contributed by atoms with E-state index in [4.69, 9.17) is 0 Å². The van der Waals surface area contributed by atoms with Crippen molar-refractivity contribution in [3.63, 3.8) is 0 Å². The van der Waals surface area contributed by atoms with Gasteiger partial charge in [-0.1, -0.05) is 61.5 Å². The SMILES string of the molecule is CCc1ccccc1C1CCNCC1c1ccccc1. The van der Waals surface area contributed by atoms with E-state index in [2.05, 4.69) is 66.8 Å². The Bertz CT molecular complexity index is 547. The standard InChI is InChI=1S/C19H23N/c1-2-15-8-6-7-11-17(15)18-12-13-20-14-19(18)16-9-4-3-5-10-16/h3-11,18-20H,2,12-14H2,1H3. The highest BCUT2D eigenvalue weighted by Gasteiger charge is 2.28. The van der Waals surface area contributed by atoms with Gasteiger partial charge < -0.3 is 5.32 Å². The van der Waals surface area contributed by atoms with Crippen LogP contribution in [-0.4, -0.2) is 13.1 Å². The number of benzene rings is 2. The molecule has 1 saturated heterocycles. The van der Waals surface area contributed by atoms with Crippen LogP contribution in [0.5, 0.6) is 0 Å². The van der Waals surface area contributed by atoms with Gasteiger partial charge in [-0.3, -0.25) is 0 Å². The Morgan fingerprint density at radius 1 is 0.950 bits per heavy atom. The largest absolute Gasteiger partial charge is 0.316 e. The van der Waals surface area contributed by atoms with Gasteiger partial charge in [-0.25, -0.2) is 0 Å². The Balaban J connectivity index is 1.97. The van der Waals surface area contributed by atoms with E-state index in [1.807, 2.05) is 0 Å². The van der Waals surface area contributed by atoms with E-state index in [0.717, 1.165) is 19.5 Å². The van der Waals surface area contributed by atoms with Gasteiger partial charge in [-0.15, -0.1) is 0 Å². The predicted molar refractivity (Wildman–Crippen MR) is 85.2 cm³/mol. The first kappa shape index (κ1) is 13.4. The summed E-state index contributed by atoms with van der Waals surface area (Å²) in [5.41, 5.74) is 4.54. The topological polar surface area (TPSA) is 12.0 Å². The highest BCUT2D eigenvalue weighted by atomic mass is 14.9. The van der Waals surface area contributed by atoms with Crippen molar-refractivity contribution in [1.29, 1.82) is 0 Å². The normalized spacial score (nSPS) is 22.6. The average molecular weight is 265 g/mol. The molecule has 0 spiro atoms. The van der Waals surface area contributed by atoms with Crippen molar-refractivity contribution in [1.82, 2.24) is 5.32 Å². The van der Waals surface area contributed by atoms with Gasteiger partial charge in [0.05, 0.1) is 0 Å². The van der Waals surface area contributed by atoms with Crippen LogP contribution in [0.1, 0.15) is 41.9 Å². The van der Waals surface area contributed by atoms with E-state index in [0.29, 0.717) is 11.8 Å². The molecule has 2 aromatic carbocycles. The molecule has 3 rings (SSSR count). The zero-order valence-electron chi connectivity index (χ0n) is 12.2. The van der Waals surface area contributed by atoms with Gasteiger partial charge in [0.1, 0.15) is 0 Å². The third-order valence-electron chi connectivity index (χ3n) is 4.55. The fourth-order valence-electron chi connectivity index (χ4n) is 3.50. The molecule has 0 radical (unpaired) electrons. The van der Waals surface area contributed by atoms with Crippen molar-refractivity contribution in [2.24, 2.45) is 0 Å². The maximum atomic E-state index is 3.57. The summed E-state index contributed by atoms with van der Waals surface area (Å²) in [6.07, 6.45) is 2.36. The maximum Gasteiger partial charge on any atom is 0.00327 e. The van der Waals surface area contributed by atoms with E-state index in [-0.39, 0.29) is 0 Å². The second-order valence-electron chi connectivity index (χ2n) is 5.67. The Morgan fingerprint density at radius 2 is 1.70 bits per heavy atom. The summed E-state index contributed by atoms with van der Waals surface area (Å²) in [6.45, 7) is 4.48. The lowest BCUT2D eigenvalue weighted by atomic mass is 9.76. The van der Waals surface area contributed by atoms with Crippen molar-refractivity contribution < 1.29 is 0 Å². The fraction of sp³-hybridized carbons (Fsp3) is 0.368. The zero-order valence-corrected chi connectivity index (χ0v) is 12.2. The highest BCUT2D eigenvalue weighted by Crippen LogP contribution is 2.38. The molecule has 1 heteroatoms. The van der Waals surface area contributed by atoms with E-state index in [1.165, 1.54) is 17.5 Å². The van der Waals surface area contributed by atoms with Crippen molar-refractivity contribution in [3.8, 4) is 0 Å². The Kier molecular flexibility index (Phi) is 4.17. The van der Waals surface area contributed by atoms with Crippen molar-refractivity contribution in [2.75, 3.05) is 13.1 Å². The first-order valence-electron chi connectivity index (χ1n) is 7.73. The molecule has 0 bridgehead atoms. The fourth-order valence-corrected chi connectivity index (χ4v) is 3.50. The molecule has 1 N–H and O–H groups in total. The minimum absolute atomic E-state index is 0.595. The molecule has 1 heterocycles. The molecule has 2 unspecified atom stereocenters. The quantitative estimate of drug-likeness (QED) is 0.880. The molecule has 0 amide bonds. The minimum atomic E-state index is 0.595. The van der Waals surface area contributed by atoms with Gasteiger partial charge in [0.15, 0.2) is 0 Å². The lowest BCUT2D eigenvalue weighted by Crippen LogP contribution is -2.34. The van der Waals surface area contributed by atoms with E-state index in [9.17, 15) is 0 Å². The van der Waals surface area contributed by atoms with Crippen LogP contribution in [0.3, 0.4) is 0 Å². The third kappa shape index (κ3) is 2.64. The van der Waals surface area contributed by atoms with Gasteiger partial charge >= 0.3 is 0 Å². The van der Waals surface area contributed by atoms with E-state index < -0.39 is 0 Å². The monoisotopic (exact) mass is 265 g/mol. The molecule has 1 aliphatic heterocycles. The summed E-state index contributed by atoms with van der Waals surface area (Å²) in [5.74, 6) is 1.24. The van der Waals surface area contributed by atoms with Gasteiger partial charge in [0, 0.05) is 12.5 Å². The maximum absolute atomic E-state index is 3.57. The van der Waals surface area contributed by atoms with Gasteiger partial charge in [-0.2, -0.15) is 0 Å². The van der Waals surface area contributed by atoms with Crippen molar-refractivity contribution in [2.45, 2.75) is 31.6 Å². The molecule has 1 fully saturated rings. The molecule has 0 saturated carbocycles. The van der Waals surface area contributed by atoms with Crippen LogP contribution >= 0.6 is 0 Å². The molecule has 2 atom stereocenters. The third-order valence-corrected chi connectivity index (χ3v) is 4.55. The minimum Gasteiger partial charge on any atom is -0.316 e. The van der Waals surface area contributed by atoms with Crippen LogP contribution in [0.4, 0.5) is 0 Å². The van der Waals surface area contributed by atoms with Gasteiger partial charge in [0.25, 0.3) is 0 Å². The smallest absolute Gasteiger partial charge is 0.00327 e. The number of aryl methyl sites for hydroxylation is 1. The number of piperidine rings is 1. The first-order chi connectivity index (χ1) is 9.90. The van der Waals surface area contributed by atoms with Crippen molar-refractivity contribution in [3.05, 3.63) is 71.3 Å². The molecular weight excluding hydrogens is 242 g/mol. The Morgan fingerprint density at radius 3 is 2.50 bits per heavy atom. The molecule has 2 aromatic rings. The van der Waals surface area contributed by atoms with Crippen LogP contribution in [0, 0.1) is 0 Å². The summed E-state index contributed by atoms with van der Waals surface area (Å²) in [4.78, 5) is 0. The molecule has 0 aliphatic carbocycles.